The predicted molar refractivity (Wildman–Crippen MR) is 106 cm³/mol. The van der Waals surface area contributed by atoms with Gasteiger partial charge in [-0.3, -0.25) is 4.79 Å². The summed E-state index contributed by atoms with van der Waals surface area (Å²) in [5.74, 6) is 0. The summed E-state index contributed by atoms with van der Waals surface area (Å²) < 4.78 is 23.5. The molecule has 0 amide bonds. The number of thiophene rings is 1. The molecule has 3 N–H and O–H groups in total. The number of hydrogen-bond acceptors (Lipinski definition) is 5. The zero-order chi connectivity index (χ0) is 19.0. The largest absolute Gasteiger partial charge is 0.272 e. The monoisotopic (exact) mass is 397 g/mol. The van der Waals surface area contributed by atoms with E-state index in [1.165, 1.54) is 0 Å². The minimum atomic E-state index is -3.72. The summed E-state index contributed by atoms with van der Waals surface area (Å²) in [5, 5.41) is 15.1. The second-order valence-electron chi connectivity index (χ2n) is 6.10. The lowest BCUT2D eigenvalue weighted by molar-refractivity contribution is 0.599. The van der Waals surface area contributed by atoms with E-state index in [-0.39, 0.29) is 9.77 Å². The summed E-state index contributed by atoms with van der Waals surface area (Å²) in [7, 11) is -3.72. The highest BCUT2D eigenvalue weighted by molar-refractivity contribution is 7.91. The molecule has 4 rings (SSSR count). The molecule has 136 valence electrons. The Labute approximate surface area is 159 Å². The Balaban J connectivity index is 1.69. The van der Waals surface area contributed by atoms with Crippen LogP contribution in [0.4, 0.5) is 0 Å². The first-order valence-electron chi connectivity index (χ1n) is 8.09. The van der Waals surface area contributed by atoms with Gasteiger partial charge >= 0.3 is 0 Å². The van der Waals surface area contributed by atoms with E-state index in [9.17, 15) is 13.2 Å². The van der Waals surface area contributed by atoms with Crippen LogP contribution in [0, 0.1) is 0 Å². The van der Waals surface area contributed by atoms with E-state index >= 15 is 0 Å². The number of H-pyrrole nitrogens is 1. The molecular formula is C19H15N3O3S2. The molecule has 0 spiro atoms. The Kier molecular flexibility index (Phi) is 4.39. The van der Waals surface area contributed by atoms with Crippen molar-refractivity contribution < 1.29 is 8.42 Å². The maximum absolute atomic E-state index is 11.9. The fraction of sp³-hybridized carbons (Fsp3) is 0.0526. The Morgan fingerprint density at radius 1 is 1.00 bits per heavy atom. The molecule has 27 heavy (non-hydrogen) atoms. The highest BCUT2D eigenvalue weighted by Gasteiger charge is 2.16. The zero-order valence-electron chi connectivity index (χ0n) is 14.0. The molecule has 0 atom stereocenters. The van der Waals surface area contributed by atoms with E-state index in [0.717, 1.165) is 27.8 Å². The lowest BCUT2D eigenvalue weighted by Gasteiger charge is -2.07. The third-order valence-corrected chi connectivity index (χ3v) is 6.80. The van der Waals surface area contributed by atoms with Crippen LogP contribution < -0.4 is 10.7 Å². The van der Waals surface area contributed by atoms with Crippen LogP contribution in [0.15, 0.2) is 69.0 Å². The van der Waals surface area contributed by atoms with E-state index in [1.807, 2.05) is 42.5 Å². The van der Waals surface area contributed by atoms with Crippen LogP contribution in [0.1, 0.15) is 11.1 Å². The highest BCUT2D eigenvalue weighted by atomic mass is 32.2. The topological polar surface area (TPSA) is 106 Å². The maximum Gasteiger partial charge on any atom is 0.272 e. The average Bonchev–Trinajstić information content (AvgIpc) is 3.12. The van der Waals surface area contributed by atoms with Crippen molar-refractivity contribution >= 4 is 32.1 Å². The van der Waals surface area contributed by atoms with Crippen LogP contribution >= 0.6 is 11.3 Å². The van der Waals surface area contributed by atoms with Gasteiger partial charge in [-0.05, 0) is 35.1 Å². The minimum Gasteiger partial charge on any atom is -0.267 e. The van der Waals surface area contributed by atoms with E-state index < -0.39 is 10.0 Å². The van der Waals surface area contributed by atoms with Gasteiger partial charge < -0.3 is 0 Å². The number of rotatable bonds is 4. The smallest absolute Gasteiger partial charge is 0.267 e. The number of hydrogen-bond donors (Lipinski definition) is 2. The van der Waals surface area contributed by atoms with Crippen LogP contribution in [0.2, 0.25) is 0 Å². The number of nitrogens with one attached hydrogen (secondary N) is 1. The zero-order valence-corrected chi connectivity index (χ0v) is 15.7. The summed E-state index contributed by atoms with van der Waals surface area (Å²) in [4.78, 5) is 11.9. The Morgan fingerprint density at radius 2 is 1.70 bits per heavy atom. The lowest BCUT2D eigenvalue weighted by atomic mass is 10.0. The molecule has 0 saturated heterocycles. The van der Waals surface area contributed by atoms with Crippen molar-refractivity contribution in [3.05, 3.63) is 81.5 Å². The van der Waals surface area contributed by atoms with Crippen LogP contribution in [-0.2, 0) is 16.4 Å². The molecule has 2 heterocycles. The van der Waals surface area contributed by atoms with E-state index in [4.69, 9.17) is 5.14 Å². The first kappa shape index (κ1) is 17.6. The molecule has 0 aliphatic carbocycles. The number of fused-ring (bicyclic) bond motifs is 1. The standard InChI is InChI=1S/C19H15N3O3S2/c20-27(24,25)19-14(9-10-26-19)11-12-5-7-13(8-6-12)17-15-3-1-2-4-16(15)18(23)22-21-17/h1-10H,11H2,(H,22,23)(H2,20,24,25). The molecule has 0 fully saturated rings. The van der Waals surface area contributed by atoms with Gasteiger partial charge in [-0.1, -0.05) is 42.5 Å². The summed E-state index contributed by atoms with van der Waals surface area (Å²) in [6.07, 6.45) is 0.468. The van der Waals surface area contributed by atoms with Gasteiger partial charge in [-0.25, -0.2) is 18.7 Å². The predicted octanol–water partition coefficient (Wildman–Crippen LogP) is 2.89. The molecule has 0 bridgehead atoms. The number of sulfonamides is 1. The number of benzene rings is 2. The van der Waals surface area contributed by atoms with Crippen molar-refractivity contribution in [1.82, 2.24) is 10.2 Å². The second kappa shape index (κ2) is 6.73. The van der Waals surface area contributed by atoms with Gasteiger partial charge in [0.15, 0.2) is 0 Å². The molecule has 0 radical (unpaired) electrons. The van der Waals surface area contributed by atoms with Crippen molar-refractivity contribution in [2.24, 2.45) is 5.14 Å². The Morgan fingerprint density at radius 3 is 2.41 bits per heavy atom. The lowest BCUT2D eigenvalue weighted by Crippen LogP contribution is -2.12. The van der Waals surface area contributed by atoms with E-state index in [0.29, 0.717) is 23.1 Å². The Bertz CT molecular complexity index is 1290. The molecule has 0 unspecified atom stereocenters. The summed E-state index contributed by atoms with van der Waals surface area (Å²) >= 11 is 1.12. The number of aromatic amines is 1. The van der Waals surface area contributed by atoms with Crippen molar-refractivity contribution in [2.75, 3.05) is 0 Å². The first-order valence-corrected chi connectivity index (χ1v) is 10.5. The summed E-state index contributed by atoms with van der Waals surface area (Å²) in [5.41, 5.74) is 2.97. The molecular weight excluding hydrogens is 382 g/mol. The maximum atomic E-state index is 11.9. The van der Waals surface area contributed by atoms with Crippen molar-refractivity contribution in [2.45, 2.75) is 10.6 Å². The minimum absolute atomic E-state index is 0.194. The third-order valence-electron chi connectivity index (χ3n) is 4.28. The normalized spacial score (nSPS) is 11.7. The van der Waals surface area contributed by atoms with Crippen molar-refractivity contribution in [3.8, 4) is 11.3 Å². The molecule has 2 aromatic heterocycles. The first-order chi connectivity index (χ1) is 12.9. The molecule has 6 nitrogen and oxygen atoms in total. The molecule has 0 aliphatic heterocycles. The van der Waals surface area contributed by atoms with Gasteiger partial charge in [-0.2, -0.15) is 5.10 Å². The highest BCUT2D eigenvalue weighted by Crippen LogP contribution is 2.27. The molecule has 0 saturated carbocycles. The van der Waals surface area contributed by atoms with Crippen LogP contribution in [0.5, 0.6) is 0 Å². The van der Waals surface area contributed by atoms with Gasteiger partial charge in [-0.15, -0.1) is 11.3 Å². The fourth-order valence-corrected chi connectivity index (χ4v) is 4.89. The van der Waals surface area contributed by atoms with Gasteiger partial charge in [0, 0.05) is 10.9 Å². The molecule has 2 aromatic carbocycles. The quantitative estimate of drug-likeness (QED) is 0.552. The number of primary sulfonamides is 1. The SMILES string of the molecule is NS(=O)(=O)c1sccc1Cc1ccc(-c2n[nH]c(=O)c3ccccc23)cc1. The van der Waals surface area contributed by atoms with E-state index in [2.05, 4.69) is 10.2 Å². The summed E-state index contributed by atoms with van der Waals surface area (Å²) in [6, 6.07) is 16.7. The van der Waals surface area contributed by atoms with Crippen LogP contribution in [-0.4, -0.2) is 18.6 Å². The molecule has 0 aliphatic rings. The number of nitrogens with two attached hydrogens (primary N) is 1. The third kappa shape index (κ3) is 3.42. The van der Waals surface area contributed by atoms with Gasteiger partial charge in [0.1, 0.15) is 4.21 Å². The van der Waals surface area contributed by atoms with Crippen molar-refractivity contribution in [1.29, 1.82) is 0 Å². The number of aromatic nitrogens is 2. The van der Waals surface area contributed by atoms with Crippen LogP contribution in [0.25, 0.3) is 22.0 Å². The van der Waals surface area contributed by atoms with Gasteiger partial charge in [0.25, 0.3) is 5.56 Å². The second-order valence-corrected chi connectivity index (χ2v) is 8.77. The number of nitrogens with zero attached hydrogens (tertiary/aromatic N) is 1. The van der Waals surface area contributed by atoms with Gasteiger partial charge in [0.05, 0.1) is 11.1 Å². The van der Waals surface area contributed by atoms with Gasteiger partial charge in [0.2, 0.25) is 10.0 Å². The Hall–Kier alpha value is -2.81. The van der Waals surface area contributed by atoms with E-state index in [1.54, 1.807) is 17.5 Å². The molecule has 4 aromatic rings. The molecule has 8 heteroatoms. The fourth-order valence-electron chi connectivity index (χ4n) is 3.04. The summed E-state index contributed by atoms with van der Waals surface area (Å²) in [6.45, 7) is 0. The van der Waals surface area contributed by atoms with Crippen LogP contribution in [0.3, 0.4) is 0 Å². The van der Waals surface area contributed by atoms with Crippen molar-refractivity contribution in [3.63, 3.8) is 0 Å². The average molecular weight is 397 g/mol.